The van der Waals surface area contributed by atoms with Crippen LogP contribution in [0.15, 0.2) is 74.8 Å². The molecule has 7 heteroatoms. The summed E-state index contributed by atoms with van der Waals surface area (Å²) in [7, 11) is 1.61. The van der Waals surface area contributed by atoms with Crippen LogP contribution in [0.4, 0.5) is 0 Å². The lowest BCUT2D eigenvalue weighted by Crippen LogP contribution is -2.39. The third-order valence-electron chi connectivity index (χ3n) is 5.07. The van der Waals surface area contributed by atoms with Gasteiger partial charge in [0, 0.05) is 12.6 Å². The van der Waals surface area contributed by atoms with E-state index >= 15 is 0 Å². The van der Waals surface area contributed by atoms with Crippen molar-refractivity contribution in [1.82, 2.24) is 18.5 Å². The smallest absolute Gasteiger partial charge is 0.332 e. The quantitative estimate of drug-likeness (QED) is 0.478. The number of hydrogen-bond acceptors (Lipinski definition) is 4. The van der Waals surface area contributed by atoms with Crippen LogP contribution < -0.4 is 11.2 Å². The van der Waals surface area contributed by atoms with Gasteiger partial charge in [0.05, 0.1) is 12.7 Å². The Balaban J connectivity index is 1.74. The minimum Gasteiger partial charge on any atom is -0.423 e. The average molecular weight is 386 g/mol. The second kappa shape index (κ2) is 6.34. The molecule has 0 saturated carbocycles. The van der Waals surface area contributed by atoms with E-state index in [0.717, 1.165) is 16.7 Å². The van der Waals surface area contributed by atoms with Crippen LogP contribution in [-0.4, -0.2) is 18.5 Å². The Morgan fingerprint density at radius 2 is 1.83 bits per heavy atom. The summed E-state index contributed by atoms with van der Waals surface area (Å²) in [6.45, 7) is 2.17. The molecule has 0 aliphatic rings. The minimum atomic E-state index is -0.409. The van der Waals surface area contributed by atoms with E-state index in [1.807, 2.05) is 61.5 Å². The Bertz CT molecular complexity index is 1490. The van der Waals surface area contributed by atoms with Crippen LogP contribution in [-0.2, 0) is 13.6 Å². The second-order valence-electron chi connectivity index (χ2n) is 7.12. The fourth-order valence-corrected chi connectivity index (χ4v) is 3.62. The topological polar surface area (TPSA) is 74.4 Å². The third kappa shape index (κ3) is 2.70. The first kappa shape index (κ1) is 17.2. The molecule has 5 aromatic rings. The molecule has 3 aromatic heterocycles. The molecule has 0 bridgehead atoms. The van der Waals surface area contributed by atoms with Gasteiger partial charge in [0.2, 0.25) is 0 Å². The SMILES string of the molecule is Cc1cccc(Cn2c(=O)c3c(nc4oc(-c5ccccc5)cn43)n(C)c2=O)c1. The molecule has 0 amide bonds. The van der Waals surface area contributed by atoms with Crippen LogP contribution in [0, 0.1) is 6.92 Å². The van der Waals surface area contributed by atoms with Crippen molar-refractivity contribution >= 4 is 17.0 Å². The molecule has 0 N–H and O–H groups in total. The van der Waals surface area contributed by atoms with Gasteiger partial charge in [-0.05, 0) is 12.5 Å². The second-order valence-corrected chi connectivity index (χ2v) is 7.12. The maximum Gasteiger partial charge on any atom is 0.332 e. The van der Waals surface area contributed by atoms with Crippen molar-refractivity contribution in [3.63, 3.8) is 0 Å². The highest BCUT2D eigenvalue weighted by atomic mass is 16.4. The normalized spacial score (nSPS) is 11.5. The van der Waals surface area contributed by atoms with Crippen LogP contribution in [0.2, 0.25) is 0 Å². The van der Waals surface area contributed by atoms with Gasteiger partial charge < -0.3 is 4.42 Å². The predicted molar refractivity (Wildman–Crippen MR) is 110 cm³/mol. The van der Waals surface area contributed by atoms with Gasteiger partial charge in [-0.1, -0.05) is 60.2 Å². The van der Waals surface area contributed by atoms with Crippen molar-refractivity contribution < 1.29 is 4.42 Å². The van der Waals surface area contributed by atoms with Gasteiger partial charge in [-0.15, -0.1) is 0 Å². The summed E-state index contributed by atoms with van der Waals surface area (Å²) in [6, 6.07) is 17.4. The van der Waals surface area contributed by atoms with Crippen LogP contribution in [0.3, 0.4) is 0 Å². The number of benzene rings is 2. The zero-order chi connectivity index (χ0) is 20.1. The van der Waals surface area contributed by atoms with Crippen molar-refractivity contribution in [2.75, 3.05) is 0 Å². The molecule has 29 heavy (non-hydrogen) atoms. The van der Waals surface area contributed by atoms with E-state index in [1.54, 1.807) is 17.6 Å². The van der Waals surface area contributed by atoms with Crippen molar-refractivity contribution in [3.8, 4) is 11.3 Å². The standard InChI is InChI=1S/C22H18N4O3/c1-14-7-6-8-15(11-14)12-26-20(27)18-19(24(2)22(26)28)23-21-25(18)13-17(29-21)16-9-4-3-5-10-16/h3-11,13H,12H2,1-2H3. The molecule has 5 rings (SSSR count). The van der Waals surface area contributed by atoms with Gasteiger partial charge in [-0.3, -0.25) is 18.3 Å². The van der Waals surface area contributed by atoms with E-state index < -0.39 is 11.2 Å². The molecule has 2 aromatic carbocycles. The molecule has 0 spiro atoms. The van der Waals surface area contributed by atoms with Gasteiger partial charge in [0.1, 0.15) is 0 Å². The lowest BCUT2D eigenvalue weighted by Gasteiger charge is -2.08. The monoisotopic (exact) mass is 386 g/mol. The number of aromatic nitrogens is 4. The highest BCUT2D eigenvalue weighted by molar-refractivity contribution is 5.76. The number of nitrogens with zero attached hydrogens (tertiary/aromatic N) is 4. The first-order valence-corrected chi connectivity index (χ1v) is 9.25. The van der Waals surface area contributed by atoms with Crippen molar-refractivity contribution in [1.29, 1.82) is 0 Å². The highest BCUT2D eigenvalue weighted by Crippen LogP contribution is 2.24. The van der Waals surface area contributed by atoms with E-state index in [1.165, 1.54) is 9.13 Å². The fourth-order valence-electron chi connectivity index (χ4n) is 3.62. The summed E-state index contributed by atoms with van der Waals surface area (Å²) in [5.74, 6) is 0.882. The molecule has 0 radical (unpaired) electrons. The van der Waals surface area contributed by atoms with E-state index in [0.29, 0.717) is 16.9 Å². The Labute approximate surface area is 165 Å². The summed E-state index contributed by atoms with van der Waals surface area (Å²) in [5.41, 5.74) is 2.67. The summed E-state index contributed by atoms with van der Waals surface area (Å²) >= 11 is 0. The molecule has 7 nitrogen and oxygen atoms in total. The van der Waals surface area contributed by atoms with Crippen molar-refractivity contribution in [2.24, 2.45) is 7.05 Å². The van der Waals surface area contributed by atoms with Gasteiger partial charge >= 0.3 is 11.5 Å². The number of imidazole rings is 1. The lowest BCUT2D eigenvalue weighted by atomic mass is 10.1. The lowest BCUT2D eigenvalue weighted by molar-refractivity contribution is 0.610. The van der Waals surface area contributed by atoms with E-state index in [-0.39, 0.29) is 12.4 Å². The predicted octanol–water partition coefficient (Wildman–Crippen LogP) is 2.96. The molecule has 0 unspecified atom stereocenters. The molecule has 0 fully saturated rings. The molecular formula is C22H18N4O3. The first-order valence-electron chi connectivity index (χ1n) is 9.25. The maximum absolute atomic E-state index is 13.3. The number of hydrogen-bond donors (Lipinski definition) is 0. The first-order chi connectivity index (χ1) is 14.0. The molecule has 3 heterocycles. The summed E-state index contributed by atoms with van der Waals surface area (Å²) in [6.07, 6.45) is 1.74. The van der Waals surface area contributed by atoms with Gasteiger partial charge in [-0.2, -0.15) is 4.98 Å². The van der Waals surface area contributed by atoms with Crippen molar-refractivity contribution in [2.45, 2.75) is 13.5 Å². The number of rotatable bonds is 3. The molecule has 144 valence electrons. The van der Waals surface area contributed by atoms with E-state index in [2.05, 4.69) is 4.98 Å². The van der Waals surface area contributed by atoms with Gasteiger partial charge in [0.25, 0.3) is 5.56 Å². The number of oxazole rings is 1. The van der Waals surface area contributed by atoms with E-state index in [9.17, 15) is 9.59 Å². The van der Waals surface area contributed by atoms with E-state index in [4.69, 9.17) is 4.42 Å². The molecule has 0 atom stereocenters. The summed E-state index contributed by atoms with van der Waals surface area (Å²) in [4.78, 5) is 30.5. The molecule has 0 aliphatic carbocycles. The van der Waals surface area contributed by atoms with Gasteiger partial charge in [0.15, 0.2) is 16.9 Å². The van der Waals surface area contributed by atoms with Crippen LogP contribution in [0.25, 0.3) is 28.3 Å². The molecule has 0 aliphatic heterocycles. The Hall–Kier alpha value is -3.87. The number of aryl methyl sites for hydroxylation is 2. The highest BCUT2D eigenvalue weighted by Gasteiger charge is 2.20. The third-order valence-corrected chi connectivity index (χ3v) is 5.07. The Kier molecular flexibility index (Phi) is 3.77. The number of fused-ring (bicyclic) bond motifs is 3. The van der Waals surface area contributed by atoms with Gasteiger partial charge in [-0.25, -0.2) is 4.79 Å². The minimum absolute atomic E-state index is 0.194. The Morgan fingerprint density at radius 1 is 1.03 bits per heavy atom. The van der Waals surface area contributed by atoms with Crippen LogP contribution in [0.5, 0.6) is 0 Å². The zero-order valence-electron chi connectivity index (χ0n) is 16.0. The molecular weight excluding hydrogens is 368 g/mol. The summed E-state index contributed by atoms with van der Waals surface area (Å²) < 4.78 is 10.1. The summed E-state index contributed by atoms with van der Waals surface area (Å²) in [5, 5.41) is 0. The largest absolute Gasteiger partial charge is 0.423 e. The van der Waals surface area contributed by atoms with Crippen LogP contribution in [0.1, 0.15) is 11.1 Å². The maximum atomic E-state index is 13.3. The van der Waals surface area contributed by atoms with Crippen molar-refractivity contribution in [3.05, 3.63) is 92.8 Å². The Morgan fingerprint density at radius 3 is 2.59 bits per heavy atom. The fraction of sp³-hybridized carbons (Fsp3) is 0.136. The zero-order valence-corrected chi connectivity index (χ0v) is 16.0. The van der Waals surface area contributed by atoms with Crippen LogP contribution >= 0.6 is 0 Å². The average Bonchev–Trinajstić information content (AvgIpc) is 3.28. The molecule has 0 saturated heterocycles.